The third-order valence-corrected chi connectivity index (χ3v) is 8.95. The van der Waals surface area contributed by atoms with E-state index in [1.165, 1.54) is 10.4 Å². The highest BCUT2D eigenvalue weighted by Crippen LogP contribution is 2.34. The molecule has 1 aliphatic rings. The minimum Gasteiger partial charge on any atom is -0.488 e. The van der Waals surface area contributed by atoms with Gasteiger partial charge in [-0.25, -0.2) is 12.8 Å². The maximum Gasteiger partial charge on any atom is 0.243 e. The lowest BCUT2D eigenvalue weighted by molar-refractivity contribution is -0.135. The molecule has 1 unspecified atom stereocenters. The maximum atomic E-state index is 14.1. The fraction of sp³-hybridized carbons (Fsp3) is 0.346. The lowest BCUT2D eigenvalue weighted by atomic mass is 10.0. The number of sulfonamides is 1. The highest BCUT2D eigenvalue weighted by atomic mass is 32.2. The summed E-state index contributed by atoms with van der Waals surface area (Å²) in [7, 11) is -3.83. The summed E-state index contributed by atoms with van der Waals surface area (Å²) < 4.78 is 47.8. The summed E-state index contributed by atoms with van der Waals surface area (Å²) >= 11 is 1.62. The Hall–Kier alpha value is -2.75. The van der Waals surface area contributed by atoms with E-state index in [0.717, 1.165) is 16.0 Å². The highest BCUT2D eigenvalue weighted by Gasteiger charge is 2.35. The average molecular weight is 517 g/mol. The summed E-state index contributed by atoms with van der Waals surface area (Å²) in [5.41, 5.74) is 1.93. The van der Waals surface area contributed by atoms with E-state index in [9.17, 15) is 17.6 Å². The molecule has 6 nitrogen and oxygen atoms in total. The fourth-order valence-electron chi connectivity index (χ4n) is 4.24. The molecule has 2 heterocycles. The van der Waals surface area contributed by atoms with Crippen LogP contribution in [0.5, 0.6) is 5.75 Å². The second kappa shape index (κ2) is 10.9. The molecule has 0 bridgehead atoms. The normalized spacial score (nSPS) is 15.8. The van der Waals surface area contributed by atoms with Gasteiger partial charge in [0.05, 0.1) is 17.5 Å². The van der Waals surface area contributed by atoms with Crippen LogP contribution in [0.15, 0.2) is 64.9 Å². The smallest absolute Gasteiger partial charge is 0.243 e. The van der Waals surface area contributed by atoms with Gasteiger partial charge in [-0.15, -0.1) is 11.3 Å². The molecule has 9 heteroatoms. The van der Waals surface area contributed by atoms with E-state index in [-0.39, 0.29) is 36.2 Å². The van der Waals surface area contributed by atoms with Crippen molar-refractivity contribution in [3.8, 4) is 5.75 Å². The third-order valence-electron chi connectivity index (χ3n) is 6.09. The minimum absolute atomic E-state index is 0.0783. The summed E-state index contributed by atoms with van der Waals surface area (Å²) in [6.07, 6.45) is 1.26. The van der Waals surface area contributed by atoms with Gasteiger partial charge in [0.2, 0.25) is 15.9 Å². The molecule has 0 radical (unpaired) electrons. The summed E-state index contributed by atoms with van der Waals surface area (Å²) in [6, 6.07) is 14.3. The Balaban J connectivity index is 1.56. The number of hydrogen-bond donors (Lipinski definition) is 0. The molecule has 0 fully saturated rings. The first-order valence-electron chi connectivity index (χ1n) is 11.6. The fourth-order valence-corrected chi connectivity index (χ4v) is 6.65. The van der Waals surface area contributed by atoms with Gasteiger partial charge in [-0.2, -0.15) is 4.31 Å². The van der Waals surface area contributed by atoms with Crippen LogP contribution >= 0.6 is 11.3 Å². The van der Waals surface area contributed by atoms with Crippen molar-refractivity contribution in [2.24, 2.45) is 0 Å². The molecular formula is C26H29FN2O4S2. The number of amides is 1. The monoisotopic (exact) mass is 516 g/mol. The van der Waals surface area contributed by atoms with Gasteiger partial charge < -0.3 is 9.64 Å². The van der Waals surface area contributed by atoms with Gasteiger partial charge in [0, 0.05) is 18.0 Å². The number of rotatable bonds is 9. The molecule has 0 saturated heterocycles. The van der Waals surface area contributed by atoms with Crippen LogP contribution < -0.4 is 4.74 Å². The predicted octanol–water partition coefficient (Wildman–Crippen LogP) is 4.80. The minimum atomic E-state index is -3.83. The van der Waals surface area contributed by atoms with Crippen LogP contribution in [0.4, 0.5) is 4.39 Å². The van der Waals surface area contributed by atoms with E-state index in [1.54, 1.807) is 58.7 Å². The second-order valence-corrected chi connectivity index (χ2v) is 11.5. The summed E-state index contributed by atoms with van der Waals surface area (Å²) in [5, 5.41) is 1.97. The number of hydrogen-bond acceptors (Lipinski definition) is 5. The number of nitrogens with zero attached hydrogens (tertiary/aromatic N) is 2. The van der Waals surface area contributed by atoms with Crippen LogP contribution in [0, 0.1) is 12.7 Å². The van der Waals surface area contributed by atoms with Crippen molar-refractivity contribution >= 4 is 27.3 Å². The molecule has 1 aliphatic heterocycles. The summed E-state index contributed by atoms with van der Waals surface area (Å²) in [4.78, 5) is 16.5. The molecule has 35 heavy (non-hydrogen) atoms. The number of benzene rings is 2. The number of carbonyl (C=O) groups is 1. The van der Waals surface area contributed by atoms with E-state index >= 15 is 0 Å². The molecule has 2 aromatic carbocycles. The van der Waals surface area contributed by atoms with E-state index < -0.39 is 21.9 Å². The van der Waals surface area contributed by atoms with E-state index in [1.807, 2.05) is 25.3 Å². The zero-order valence-corrected chi connectivity index (χ0v) is 21.4. The maximum absolute atomic E-state index is 14.1. The molecule has 0 saturated carbocycles. The lowest BCUT2D eigenvalue weighted by Crippen LogP contribution is -2.48. The molecule has 0 spiro atoms. The average Bonchev–Trinajstić information content (AvgIpc) is 3.32. The molecule has 0 N–H and O–H groups in total. The number of halogens is 1. The number of aryl methyl sites for hydroxylation is 1. The molecule has 1 aromatic heterocycles. The van der Waals surface area contributed by atoms with Gasteiger partial charge in [0.1, 0.15) is 6.61 Å². The Bertz CT molecular complexity index is 1270. The van der Waals surface area contributed by atoms with Crippen LogP contribution in [0.2, 0.25) is 0 Å². The predicted molar refractivity (Wildman–Crippen MR) is 135 cm³/mol. The van der Waals surface area contributed by atoms with Crippen LogP contribution in [0.1, 0.15) is 35.4 Å². The number of fused-ring (bicyclic) bond motifs is 1. The summed E-state index contributed by atoms with van der Waals surface area (Å²) in [5.74, 6) is -0.644. The van der Waals surface area contributed by atoms with E-state index in [4.69, 9.17) is 4.74 Å². The van der Waals surface area contributed by atoms with Crippen molar-refractivity contribution in [3.63, 3.8) is 0 Å². The lowest BCUT2D eigenvalue weighted by Gasteiger charge is -2.37. The third kappa shape index (κ3) is 5.58. The zero-order chi connectivity index (χ0) is 25.0. The number of para-hydroxylation sites is 1. The Morgan fingerprint density at radius 1 is 1.17 bits per heavy atom. The first kappa shape index (κ1) is 25.3. The van der Waals surface area contributed by atoms with E-state index in [2.05, 4.69) is 0 Å². The molecule has 1 atom stereocenters. The van der Waals surface area contributed by atoms with Crippen molar-refractivity contribution in [1.29, 1.82) is 0 Å². The molecule has 186 valence electrons. The van der Waals surface area contributed by atoms with Gasteiger partial charge in [-0.05, 0) is 61.0 Å². The number of thiophene rings is 1. The van der Waals surface area contributed by atoms with Crippen LogP contribution in [0.25, 0.3) is 0 Å². The van der Waals surface area contributed by atoms with Crippen LogP contribution in [-0.2, 0) is 21.2 Å². The Morgan fingerprint density at radius 2 is 1.91 bits per heavy atom. The van der Waals surface area contributed by atoms with Crippen molar-refractivity contribution in [3.05, 3.63) is 81.8 Å². The Morgan fingerprint density at radius 3 is 2.63 bits per heavy atom. The topological polar surface area (TPSA) is 66.9 Å². The molecule has 0 aliphatic carbocycles. The largest absolute Gasteiger partial charge is 0.488 e. The number of ether oxygens (including phenoxy) is 1. The van der Waals surface area contributed by atoms with E-state index in [0.29, 0.717) is 19.4 Å². The molecule has 4 rings (SSSR count). The zero-order valence-electron chi connectivity index (χ0n) is 19.8. The van der Waals surface area contributed by atoms with Gasteiger partial charge in [-0.3, -0.25) is 4.79 Å². The molecule has 3 aromatic rings. The SMILES string of the molecule is CCCN(CC(=O)N1CCc2sccc2C1COc1ccccc1F)S(=O)(=O)c1ccc(C)cc1. The Kier molecular flexibility index (Phi) is 7.88. The molecule has 1 amide bonds. The first-order chi connectivity index (χ1) is 16.8. The van der Waals surface area contributed by atoms with Gasteiger partial charge in [-0.1, -0.05) is 36.8 Å². The van der Waals surface area contributed by atoms with Crippen molar-refractivity contribution in [1.82, 2.24) is 9.21 Å². The van der Waals surface area contributed by atoms with Crippen LogP contribution in [-0.4, -0.2) is 49.8 Å². The van der Waals surface area contributed by atoms with Gasteiger partial charge >= 0.3 is 0 Å². The van der Waals surface area contributed by atoms with Crippen molar-refractivity contribution in [2.75, 3.05) is 26.2 Å². The standard InChI is InChI=1S/C26H29FN2O4S2/c1-3-14-28(35(31,32)20-10-8-19(2)9-11-20)17-26(30)29-15-12-25-21(13-16-34-25)23(29)18-33-24-7-5-4-6-22(24)27/h4-11,13,16,23H,3,12,14-15,17-18H2,1-2H3. The van der Waals surface area contributed by atoms with Crippen molar-refractivity contribution in [2.45, 2.75) is 37.6 Å². The number of carbonyl (C=O) groups excluding carboxylic acids is 1. The second-order valence-electron chi connectivity index (χ2n) is 8.55. The van der Waals surface area contributed by atoms with Gasteiger partial charge in [0.15, 0.2) is 11.6 Å². The van der Waals surface area contributed by atoms with Crippen molar-refractivity contribution < 1.29 is 22.3 Å². The van der Waals surface area contributed by atoms with Gasteiger partial charge in [0.25, 0.3) is 0 Å². The highest BCUT2D eigenvalue weighted by molar-refractivity contribution is 7.89. The molecular weight excluding hydrogens is 487 g/mol. The summed E-state index contributed by atoms with van der Waals surface area (Å²) in [6.45, 7) is 4.26. The first-order valence-corrected chi connectivity index (χ1v) is 13.9. The van der Waals surface area contributed by atoms with Crippen LogP contribution in [0.3, 0.4) is 0 Å². The Labute approximate surface area is 210 Å². The quantitative estimate of drug-likeness (QED) is 0.410.